The van der Waals surface area contributed by atoms with Gasteiger partial charge in [0.15, 0.2) is 5.82 Å². The molecule has 0 atom stereocenters. The lowest BCUT2D eigenvalue weighted by Crippen LogP contribution is -2.10. The highest BCUT2D eigenvalue weighted by molar-refractivity contribution is 5.90. The number of imidazole rings is 1. The minimum Gasteiger partial charge on any atom is -0.454 e. The molecule has 0 aliphatic carbocycles. The summed E-state index contributed by atoms with van der Waals surface area (Å²) in [6.45, 7) is -1.20. The number of hydrogen-bond acceptors (Lipinski definition) is 6. The minimum atomic E-state index is -2.81. The standard InChI is InChI=1S/C25H18F2N4O3/c1-15-6-8-16(9-7-15)22-29-30-23(34-22)17-10-12-18(13-11-17)24(32)33-14-21-28-19-4-2-3-5-20(19)31(21)25(26)27/h2-13,25H,14H2,1H3. The molecule has 0 fully saturated rings. The molecular weight excluding hydrogens is 442 g/mol. The van der Waals surface area contributed by atoms with Gasteiger partial charge in [0, 0.05) is 11.1 Å². The van der Waals surface area contributed by atoms with E-state index in [1.807, 2.05) is 31.2 Å². The fourth-order valence-corrected chi connectivity index (χ4v) is 3.53. The van der Waals surface area contributed by atoms with Crippen LogP contribution in [0.1, 0.15) is 28.3 Å². The van der Waals surface area contributed by atoms with Crippen molar-refractivity contribution in [1.29, 1.82) is 0 Å². The number of nitrogens with zero attached hydrogens (tertiary/aromatic N) is 4. The molecule has 2 aromatic heterocycles. The minimum absolute atomic E-state index is 0.0318. The number of aromatic nitrogens is 4. The summed E-state index contributed by atoms with van der Waals surface area (Å²) >= 11 is 0. The summed E-state index contributed by atoms with van der Waals surface area (Å²) < 4.78 is 38.8. The number of fused-ring (bicyclic) bond motifs is 1. The zero-order chi connectivity index (χ0) is 23.7. The summed E-state index contributed by atoms with van der Waals surface area (Å²) in [5.41, 5.74) is 3.49. The predicted octanol–water partition coefficient (Wildman–Crippen LogP) is 5.81. The Kier molecular flexibility index (Phi) is 5.59. The molecule has 0 saturated heterocycles. The summed E-state index contributed by atoms with van der Waals surface area (Å²) in [6, 6.07) is 20.6. The normalized spacial score (nSPS) is 11.3. The van der Waals surface area contributed by atoms with E-state index in [0.29, 0.717) is 22.9 Å². The summed E-state index contributed by atoms with van der Waals surface area (Å²) in [5.74, 6) is 0.00232. The molecule has 9 heteroatoms. The second-order valence-corrected chi connectivity index (χ2v) is 7.60. The molecule has 0 saturated carbocycles. The van der Waals surface area contributed by atoms with Crippen molar-refractivity contribution in [2.24, 2.45) is 0 Å². The Morgan fingerprint density at radius 3 is 2.21 bits per heavy atom. The SMILES string of the molecule is Cc1ccc(-c2nnc(-c3ccc(C(=O)OCc4nc5ccccc5n4C(F)F)cc3)o2)cc1. The van der Waals surface area contributed by atoms with Gasteiger partial charge >= 0.3 is 12.5 Å². The lowest BCUT2D eigenvalue weighted by atomic mass is 10.1. The number of carbonyl (C=O) groups is 1. The Labute approximate surface area is 192 Å². The molecular formula is C25H18F2N4O3. The average molecular weight is 460 g/mol. The van der Waals surface area contributed by atoms with Gasteiger partial charge in [0.2, 0.25) is 11.8 Å². The van der Waals surface area contributed by atoms with Crippen LogP contribution in [-0.4, -0.2) is 25.7 Å². The van der Waals surface area contributed by atoms with Gasteiger partial charge in [-0.15, -0.1) is 10.2 Å². The molecule has 0 amide bonds. The quantitative estimate of drug-likeness (QED) is 0.297. The van der Waals surface area contributed by atoms with Crippen LogP contribution in [0.15, 0.2) is 77.2 Å². The molecule has 5 aromatic rings. The maximum absolute atomic E-state index is 13.5. The van der Waals surface area contributed by atoms with E-state index in [1.54, 1.807) is 48.5 Å². The number of para-hydroxylation sites is 2. The Bertz CT molecular complexity index is 1460. The van der Waals surface area contributed by atoms with E-state index in [-0.39, 0.29) is 23.5 Å². The first kappa shape index (κ1) is 21.4. The Morgan fingerprint density at radius 1 is 0.941 bits per heavy atom. The molecule has 0 unspecified atom stereocenters. The van der Waals surface area contributed by atoms with Crippen molar-refractivity contribution in [2.45, 2.75) is 20.1 Å². The zero-order valence-corrected chi connectivity index (χ0v) is 18.0. The first-order valence-corrected chi connectivity index (χ1v) is 10.4. The number of carbonyl (C=O) groups excluding carboxylic acids is 1. The van der Waals surface area contributed by atoms with Crippen molar-refractivity contribution in [3.05, 3.63) is 89.7 Å². The molecule has 0 aliphatic heterocycles. The van der Waals surface area contributed by atoms with E-state index in [0.717, 1.165) is 15.7 Å². The molecule has 34 heavy (non-hydrogen) atoms. The van der Waals surface area contributed by atoms with Crippen molar-refractivity contribution < 1.29 is 22.7 Å². The number of aryl methyl sites for hydroxylation is 1. The number of halogens is 2. The summed E-state index contributed by atoms with van der Waals surface area (Å²) in [6.07, 6.45) is 0. The number of esters is 1. The van der Waals surface area contributed by atoms with Gasteiger partial charge in [-0.1, -0.05) is 29.8 Å². The number of alkyl halides is 2. The van der Waals surface area contributed by atoms with Crippen molar-refractivity contribution >= 4 is 17.0 Å². The fraction of sp³-hybridized carbons (Fsp3) is 0.120. The molecule has 170 valence electrons. The lowest BCUT2D eigenvalue weighted by molar-refractivity contribution is 0.0387. The van der Waals surface area contributed by atoms with Gasteiger partial charge in [-0.3, -0.25) is 4.57 Å². The van der Waals surface area contributed by atoms with E-state index < -0.39 is 12.5 Å². The molecule has 5 rings (SSSR count). The highest BCUT2D eigenvalue weighted by Crippen LogP contribution is 2.26. The number of rotatable bonds is 6. The van der Waals surface area contributed by atoms with Crippen molar-refractivity contribution in [1.82, 2.24) is 19.7 Å². The van der Waals surface area contributed by atoms with Crippen LogP contribution >= 0.6 is 0 Å². The monoisotopic (exact) mass is 460 g/mol. The Balaban J connectivity index is 1.29. The van der Waals surface area contributed by atoms with Crippen LogP contribution in [-0.2, 0) is 11.3 Å². The second kappa shape index (κ2) is 8.86. The lowest BCUT2D eigenvalue weighted by Gasteiger charge is -2.08. The third kappa shape index (κ3) is 4.15. The first-order chi connectivity index (χ1) is 16.5. The van der Waals surface area contributed by atoms with Gasteiger partial charge in [0.05, 0.1) is 16.6 Å². The Morgan fingerprint density at radius 2 is 1.56 bits per heavy atom. The molecule has 0 aliphatic rings. The molecule has 0 bridgehead atoms. The van der Waals surface area contributed by atoms with E-state index in [9.17, 15) is 13.6 Å². The number of ether oxygens (including phenoxy) is 1. The summed E-state index contributed by atoms with van der Waals surface area (Å²) in [7, 11) is 0. The van der Waals surface area contributed by atoms with E-state index >= 15 is 0 Å². The van der Waals surface area contributed by atoms with Crippen LogP contribution in [0.4, 0.5) is 8.78 Å². The zero-order valence-electron chi connectivity index (χ0n) is 18.0. The third-order valence-corrected chi connectivity index (χ3v) is 5.29. The maximum atomic E-state index is 13.5. The molecule has 3 aromatic carbocycles. The van der Waals surface area contributed by atoms with E-state index in [2.05, 4.69) is 15.2 Å². The van der Waals surface area contributed by atoms with Crippen LogP contribution in [0.25, 0.3) is 33.9 Å². The van der Waals surface area contributed by atoms with Crippen LogP contribution in [0.5, 0.6) is 0 Å². The molecule has 7 nitrogen and oxygen atoms in total. The van der Waals surface area contributed by atoms with Crippen LogP contribution < -0.4 is 0 Å². The largest absolute Gasteiger partial charge is 0.454 e. The van der Waals surface area contributed by atoms with Gasteiger partial charge in [-0.25, -0.2) is 9.78 Å². The van der Waals surface area contributed by atoms with Crippen molar-refractivity contribution in [3.8, 4) is 22.9 Å². The third-order valence-electron chi connectivity index (χ3n) is 5.29. The van der Waals surface area contributed by atoms with Gasteiger partial charge in [0.1, 0.15) is 6.61 Å². The van der Waals surface area contributed by atoms with Crippen LogP contribution in [0.3, 0.4) is 0 Å². The molecule has 0 spiro atoms. The summed E-state index contributed by atoms with van der Waals surface area (Å²) in [4.78, 5) is 16.6. The first-order valence-electron chi connectivity index (χ1n) is 10.4. The number of benzene rings is 3. The molecule has 2 heterocycles. The highest BCUT2D eigenvalue weighted by atomic mass is 19.3. The smallest absolute Gasteiger partial charge is 0.338 e. The van der Waals surface area contributed by atoms with Crippen LogP contribution in [0, 0.1) is 6.92 Å². The van der Waals surface area contributed by atoms with E-state index in [4.69, 9.17) is 9.15 Å². The molecule has 0 radical (unpaired) electrons. The average Bonchev–Trinajstić information content (AvgIpc) is 3.48. The van der Waals surface area contributed by atoms with E-state index in [1.165, 1.54) is 0 Å². The predicted molar refractivity (Wildman–Crippen MR) is 120 cm³/mol. The van der Waals surface area contributed by atoms with Crippen molar-refractivity contribution in [2.75, 3.05) is 0 Å². The van der Waals surface area contributed by atoms with Crippen LogP contribution in [0.2, 0.25) is 0 Å². The van der Waals surface area contributed by atoms with Gasteiger partial charge < -0.3 is 9.15 Å². The van der Waals surface area contributed by atoms with Gasteiger partial charge in [-0.05, 0) is 55.5 Å². The van der Waals surface area contributed by atoms with Gasteiger partial charge in [-0.2, -0.15) is 8.78 Å². The maximum Gasteiger partial charge on any atom is 0.338 e. The van der Waals surface area contributed by atoms with Crippen molar-refractivity contribution in [3.63, 3.8) is 0 Å². The fourth-order valence-electron chi connectivity index (χ4n) is 3.53. The summed E-state index contributed by atoms with van der Waals surface area (Å²) in [5, 5.41) is 8.14. The number of hydrogen-bond donors (Lipinski definition) is 0. The molecule has 0 N–H and O–H groups in total. The van der Waals surface area contributed by atoms with Gasteiger partial charge in [0.25, 0.3) is 0 Å². The second-order valence-electron chi connectivity index (χ2n) is 7.60. The highest BCUT2D eigenvalue weighted by Gasteiger charge is 2.19. The Hall–Kier alpha value is -4.40. The topological polar surface area (TPSA) is 83.0 Å².